The third-order valence-electron chi connectivity index (χ3n) is 3.01. The molecule has 0 heterocycles. The Kier molecular flexibility index (Phi) is 10.9. The van der Waals surface area contributed by atoms with Gasteiger partial charge in [-0.05, 0) is 24.4 Å². The van der Waals surface area contributed by atoms with Crippen molar-refractivity contribution in [2.45, 2.75) is 12.8 Å². The lowest BCUT2D eigenvalue weighted by Crippen LogP contribution is -2.34. The lowest BCUT2D eigenvalue weighted by atomic mass is 10.3. The number of carbonyl (C=O) groups excluding carboxylic acids is 2. The summed E-state index contributed by atoms with van der Waals surface area (Å²) >= 11 is 5.09. The number of carbonyl (C=O) groups is 2. The van der Waals surface area contributed by atoms with Gasteiger partial charge in [0.15, 0.2) is 5.11 Å². The maximum Gasteiger partial charge on any atom is 0.306 e. The average Bonchev–Trinajstić information content (AvgIpc) is 2.60. The van der Waals surface area contributed by atoms with E-state index in [0.717, 1.165) is 0 Å². The fraction of sp³-hybridized carbons (Fsp3) is 0.471. The highest BCUT2D eigenvalue weighted by Crippen LogP contribution is 2.17. The molecular formula is C17H24N2O6S. The molecule has 0 radical (unpaired) electrons. The van der Waals surface area contributed by atoms with E-state index in [1.165, 1.54) is 7.11 Å². The number of anilines is 1. The van der Waals surface area contributed by atoms with Gasteiger partial charge in [-0.1, -0.05) is 6.07 Å². The number of rotatable bonds is 11. The van der Waals surface area contributed by atoms with E-state index < -0.39 is 5.97 Å². The Morgan fingerprint density at radius 3 is 2.50 bits per heavy atom. The van der Waals surface area contributed by atoms with E-state index >= 15 is 0 Å². The Bertz CT molecular complexity index is 596. The second-order valence-electron chi connectivity index (χ2n) is 5.08. The zero-order valence-corrected chi connectivity index (χ0v) is 15.7. The van der Waals surface area contributed by atoms with Crippen LogP contribution in [-0.4, -0.2) is 57.6 Å². The molecule has 1 aromatic carbocycles. The summed E-state index contributed by atoms with van der Waals surface area (Å²) in [5, 5.41) is 5.54. The topological polar surface area (TPSA) is 95.1 Å². The van der Waals surface area contributed by atoms with E-state index in [1.807, 2.05) is 0 Å². The van der Waals surface area contributed by atoms with Gasteiger partial charge in [0.05, 0.1) is 19.6 Å². The summed E-state index contributed by atoms with van der Waals surface area (Å²) in [5.41, 5.74) is 0.671. The minimum absolute atomic E-state index is 0.0200. The zero-order valence-electron chi connectivity index (χ0n) is 14.9. The molecule has 2 N–H and O–H groups in total. The molecule has 1 amide bonds. The quantitative estimate of drug-likeness (QED) is 0.337. The van der Waals surface area contributed by atoms with E-state index in [-0.39, 0.29) is 30.5 Å². The molecule has 0 unspecified atom stereocenters. The maximum absolute atomic E-state index is 11.8. The van der Waals surface area contributed by atoms with Gasteiger partial charge in [0.1, 0.15) is 19.0 Å². The molecule has 26 heavy (non-hydrogen) atoms. The highest BCUT2D eigenvalue weighted by Gasteiger charge is 2.10. The first kappa shape index (κ1) is 21.8. The van der Waals surface area contributed by atoms with Crippen LogP contribution in [0.3, 0.4) is 0 Å². The van der Waals surface area contributed by atoms with Gasteiger partial charge in [-0.2, -0.15) is 0 Å². The summed E-state index contributed by atoms with van der Waals surface area (Å²) in [6, 6.07) is 7.14. The van der Waals surface area contributed by atoms with Gasteiger partial charge >= 0.3 is 5.97 Å². The molecule has 9 heteroatoms. The van der Waals surface area contributed by atoms with Crippen molar-refractivity contribution in [2.24, 2.45) is 0 Å². The van der Waals surface area contributed by atoms with Crippen molar-refractivity contribution in [3.63, 3.8) is 0 Å². The molecule has 0 spiro atoms. The Morgan fingerprint density at radius 1 is 1.04 bits per heavy atom. The number of nitrogens with one attached hydrogen (secondary N) is 2. The minimum atomic E-state index is -0.461. The van der Waals surface area contributed by atoms with Crippen molar-refractivity contribution in [1.29, 1.82) is 0 Å². The van der Waals surface area contributed by atoms with Crippen LogP contribution in [0.15, 0.2) is 24.3 Å². The molecule has 0 saturated heterocycles. The standard InChI is InChI=1S/C17H24N2O6S/c1-22-8-10-24-14-5-3-4-13(12-14)18-17(26)19-15(20)6-7-16(21)25-11-9-23-2/h3-5,12H,6-11H2,1-2H3,(H2,18,19,20,26). The molecule has 0 aliphatic carbocycles. The molecule has 0 aliphatic rings. The van der Waals surface area contributed by atoms with Crippen molar-refractivity contribution < 1.29 is 28.5 Å². The Balaban J connectivity index is 2.33. The second kappa shape index (κ2) is 13.0. The van der Waals surface area contributed by atoms with Crippen LogP contribution in [0.1, 0.15) is 12.8 Å². The molecule has 0 saturated carbocycles. The summed E-state index contributed by atoms with van der Waals surface area (Å²) in [6.45, 7) is 1.40. The van der Waals surface area contributed by atoms with Gasteiger partial charge in [-0.3, -0.25) is 9.59 Å². The monoisotopic (exact) mass is 384 g/mol. The fourth-order valence-corrected chi connectivity index (χ4v) is 2.02. The third-order valence-corrected chi connectivity index (χ3v) is 3.21. The van der Waals surface area contributed by atoms with Crippen LogP contribution in [0.4, 0.5) is 5.69 Å². The molecule has 1 rings (SSSR count). The van der Waals surface area contributed by atoms with E-state index in [0.29, 0.717) is 31.3 Å². The molecule has 0 aromatic heterocycles. The number of ether oxygens (including phenoxy) is 4. The van der Waals surface area contributed by atoms with Crippen LogP contribution in [0, 0.1) is 0 Å². The van der Waals surface area contributed by atoms with E-state index in [4.69, 9.17) is 31.2 Å². The molecule has 144 valence electrons. The molecule has 0 fully saturated rings. The van der Waals surface area contributed by atoms with E-state index in [2.05, 4.69) is 10.6 Å². The maximum atomic E-state index is 11.8. The SMILES string of the molecule is COCCOC(=O)CCC(=O)NC(=S)Nc1cccc(OCCOC)c1. The molecule has 0 bridgehead atoms. The number of amides is 1. The Hall–Kier alpha value is -2.23. The summed E-state index contributed by atoms with van der Waals surface area (Å²) < 4.78 is 20.1. The van der Waals surface area contributed by atoms with Crippen LogP contribution in [-0.2, 0) is 23.8 Å². The third kappa shape index (κ3) is 9.92. The number of benzene rings is 1. The molecule has 1 aromatic rings. The summed E-state index contributed by atoms with van der Waals surface area (Å²) in [4.78, 5) is 23.2. The van der Waals surface area contributed by atoms with Crippen molar-refractivity contribution >= 4 is 34.9 Å². The second-order valence-corrected chi connectivity index (χ2v) is 5.49. The van der Waals surface area contributed by atoms with E-state index in [9.17, 15) is 9.59 Å². The molecule has 8 nitrogen and oxygen atoms in total. The van der Waals surface area contributed by atoms with Crippen LogP contribution < -0.4 is 15.4 Å². The molecular weight excluding hydrogens is 360 g/mol. The zero-order chi connectivity index (χ0) is 19.2. The lowest BCUT2D eigenvalue weighted by Gasteiger charge is -2.11. The van der Waals surface area contributed by atoms with Crippen LogP contribution in [0.25, 0.3) is 0 Å². The van der Waals surface area contributed by atoms with Gasteiger partial charge < -0.3 is 29.6 Å². The van der Waals surface area contributed by atoms with Crippen molar-refractivity contribution in [2.75, 3.05) is 46.0 Å². The van der Waals surface area contributed by atoms with Crippen LogP contribution in [0.5, 0.6) is 5.75 Å². The first-order chi connectivity index (χ1) is 12.5. The van der Waals surface area contributed by atoms with Crippen molar-refractivity contribution in [3.05, 3.63) is 24.3 Å². The number of thiocarbonyl (C=S) groups is 1. The predicted molar refractivity (Wildman–Crippen MR) is 100 cm³/mol. The van der Waals surface area contributed by atoms with Crippen LogP contribution in [0.2, 0.25) is 0 Å². The van der Waals surface area contributed by atoms with Gasteiger partial charge in [0.2, 0.25) is 5.91 Å². The van der Waals surface area contributed by atoms with E-state index in [1.54, 1.807) is 31.4 Å². The molecule has 0 aliphatic heterocycles. The highest BCUT2D eigenvalue weighted by atomic mass is 32.1. The number of hydrogen-bond donors (Lipinski definition) is 2. The van der Waals surface area contributed by atoms with Gasteiger partial charge in [-0.25, -0.2) is 0 Å². The Labute approximate surface area is 158 Å². The van der Waals surface area contributed by atoms with Gasteiger partial charge in [0, 0.05) is 32.4 Å². The Morgan fingerprint density at radius 2 is 1.77 bits per heavy atom. The first-order valence-electron chi connectivity index (χ1n) is 8.02. The van der Waals surface area contributed by atoms with Crippen LogP contribution >= 0.6 is 12.2 Å². The highest BCUT2D eigenvalue weighted by molar-refractivity contribution is 7.80. The van der Waals surface area contributed by atoms with Gasteiger partial charge in [0.25, 0.3) is 0 Å². The first-order valence-corrected chi connectivity index (χ1v) is 8.43. The number of hydrogen-bond acceptors (Lipinski definition) is 7. The summed E-state index contributed by atoms with van der Waals surface area (Å²) in [6.07, 6.45) is -0.0468. The summed E-state index contributed by atoms with van der Waals surface area (Å²) in [7, 11) is 3.11. The normalized spacial score (nSPS) is 10.1. The average molecular weight is 384 g/mol. The largest absolute Gasteiger partial charge is 0.491 e. The minimum Gasteiger partial charge on any atom is -0.491 e. The fourth-order valence-electron chi connectivity index (χ4n) is 1.78. The predicted octanol–water partition coefficient (Wildman–Crippen LogP) is 1.49. The van der Waals surface area contributed by atoms with Crippen molar-refractivity contribution in [1.82, 2.24) is 5.32 Å². The lowest BCUT2D eigenvalue weighted by molar-refractivity contribution is -0.146. The molecule has 0 atom stereocenters. The van der Waals surface area contributed by atoms with Crippen molar-refractivity contribution in [3.8, 4) is 5.75 Å². The smallest absolute Gasteiger partial charge is 0.306 e. The number of methoxy groups -OCH3 is 2. The number of esters is 1. The van der Waals surface area contributed by atoms with Gasteiger partial charge in [-0.15, -0.1) is 0 Å². The summed E-state index contributed by atoms with van der Waals surface area (Å²) in [5.74, 6) is -0.185.